The Morgan fingerprint density at radius 1 is 1.21 bits per heavy atom. The zero-order valence-electron chi connectivity index (χ0n) is 9.64. The summed E-state index contributed by atoms with van der Waals surface area (Å²) in [5.74, 6) is -0.483. The second-order valence-electron chi connectivity index (χ2n) is 3.96. The lowest BCUT2D eigenvalue weighted by atomic mass is 10.3. The number of benzene rings is 2. The highest BCUT2D eigenvalue weighted by molar-refractivity contribution is 7.99. The lowest BCUT2D eigenvalue weighted by molar-refractivity contribution is 0.555. The highest BCUT2D eigenvalue weighted by atomic mass is 35.5. The van der Waals surface area contributed by atoms with Crippen molar-refractivity contribution in [3.05, 3.63) is 52.0 Å². The van der Waals surface area contributed by atoms with Gasteiger partial charge in [0.05, 0.1) is 5.52 Å². The maximum absolute atomic E-state index is 11.1. The number of fused-ring (bicyclic) bond motifs is 1. The third-order valence-corrected chi connectivity index (χ3v) is 3.93. The van der Waals surface area contributed by atoms with Crippen LogP contribution in [0.2, 0.25) is 5.02 Å². The summed E-state index contributed by atoms with van der Waals surface area (Å²) >= 11 is 7.34. The molecule has 3 rings (SSSR count). The second-order valence-corrected chi connectivity index (χ2v) is 5.51. The lowest BCUT2D eigenvalue weighted by Gasteiger charge is -2.05. The summed E-state index contributed by atoms with van der Waals surface area (Å²) in [7, 11) is 0. The first kappa shape index (κ1) is 12.2. The summed E-state index contributed by atoms with van der Waals surface area (Å²) in [5.41, 5.74) is 7.61. The van der Waals surface area contributed by atoms with Crippen LogP contribution < -0.4 is 11.5 Å². The molecule has 4 nitrogen and oxygen atoms in total. The molecule has 0 aliphatic rings. The van der Waals surface area contributed by atoms with Crippen molar-refractivity contribution in [1.29, 1.82) is 0 Å². The number of rotatable bonds is 2. The van der Waals surface area contributed by atoms with Crippen LogP contribution in [0, 0.1) is 0 Å². The average molecular weight is 293 g/mol. The zero-order valence-corrected chi connectivity index (χ0v) is 11.2. The van der Waals surface area contributed by atoms with E-state index < -0.39 is 5.76 Å². The van der Waals surface area contributed by atoms with Crippen molar-refractivity contribution in [2.24, 2.45) is 0 Å². The fourth-order valence-electron chi connectivity index (χ4n) is 1.71. The molecule has 0 fully saturated rings. The van der Waals surface area contributed by atoms with Gasteiger partial charge in [0.1, 0.15) is 0 Å². The maximum Gasteiger partial charge on any atom is 0.417 e. The number of hydrogen-bond acceptors (Lipinski definition) is 4. The Hall–Kier alpha value is -1.85. The SMILES string of the molecule is Nc1cc2oc(=O)[nH]c2cc1Sc1ccc(Cl)cc1. The molecule has 0 unspecified atom stereocenters. The molecule has 1 aromatic heterocycles. The molecule has 0 atom stereocenters. The van der Waals surface area contributed by atoms with Crippen LogP contribution >= 0.6 is 23.4 Å². The number of nitrogen functional groups attached to an aromatic ring is 1. The molecule has 0 bridgehead atoms. The summed E-state index contributed by atoms with van der Waals surface area (Å²) in [6, 6.07) is 10.9. The molecule has 19 heavy (non-hydrogen) atoms. The first-order valence-corrected chi connectivity index (χ1v) is 6.67. The van der Waals surface area contributed by atoms with Crippen LogP contribution in [0.4, 0.5) is 5.69 Å². The molecule has 0 saturated carbocycles. The van der Waals surface area contributed by atoms with Crippen molar-refractivity contribution < 1.29 is 4.42 Å². The smallest absolute Gasteiger partial charge is 0.408 e. The third-order valence-electron chi connectivity index (χ3n) is 2.59. The standard InChI is InChI=1S/C13H9ClN2O2S/c14-7-1-3-8(4-2-7)19-12-6-10-11(5-9(12)15)18-13(17)16-10/h1-6H,15H2,(H,16,17). The Kier molecular flexibility index (Phi) is 3.00. The molecular weight excluding hydrogens is 284 g/mol. The highest BCUT2D eigenvalue weighted by Crippen LogP contribution is 2.34. The van der Waals surface area contributed by atoms with E-state index in [1.165, 1.54) is 11.8 Å². The van der Waals surface area contributed by atoms with Crippen molar-refractivity contribution in [3.63, 3.8) is 0 Å². The number of anilines is 1. The van der Waals surface area contributed by atoms with Gasteiger partial charge in [-0.05, 0) is 30.3 Å². The Balaban J connectivity index is 2.02. The molecular formula is C13H9ClN2O2S. The highest BCUT2D eigenvalue weighted by Gasteiger charge is 2.08. The van der Waals surface area contributed by atoms with E-state index in [0.29, 0.717) is 21.8 Å². The fraction of sp³-hybridized carbons (Fsp3) is 0. The van der Waals surface area contributed by atoms with E-state index in [1.54, 1.807) is 12.1 Å². The summed E-state index contributed by atoms with van der Waals surface area (Å²) < 4.78 is 4.95. The largest absolute Gasteiger partial charge is 0.417 e. The Labute approximate surface area is 117 Å². The van der Waals surface area contributed by atoms with Crippen molar-refractivity contribution in [2.75, 3.05) is 5.73 Å². The molecule has 0 radical (unpaired) electrons. The van der Waals surface area contributed by atoms with Gasteiger partial charge in [-0.1, -0.05) is 23.4 Å². The normalized spacial score (nSPS) is 11.0. The molecule has 0 aliphatic heterocycles. The van der Waals surface area contributed by atoms with Gasteiger partial charge in [0.2, 0.25) is 0 Å². The molecule has 96 valence electrons. The Bertz CT molecular complexity index is 793. The molecule has 6 heteroatoms. The van der Waals surface area contributed by atoms with E-state index in [0.717, 1.165) is 9.79 Å². The number of aromatic amines is 1. The van der Waals surface area contributed by atoms with Crippen LogP contribution in [0.5, 0.6) is 0 Å². The number of oxazole rings is 1. The van der Waals surface area contributed by atoms with Crippen LogP contribution in [0.25, 0.3) is 11.1 Å². The molecule has 1 heterocycles. The van der Waals surface area contributed by atoms with Crippen molar-refractivity contribution >= 4 is 40.1 Å². The van der Waals surface area contributed by atoms with Gasteiger partial charge in [-0.25, -0.2) is 4.79 Å². The number of H-pyrrole nitrogens is 1. The summed E-state index contributed by atoms with van der Waals surface area (Å²) in [6.07, 6.45) is 0. The number of aromatic nitrogens is 1. The van der Waals surface area contributed by atoms with Crippen LogP contribution in [0.3, 0.4) is 0 Å². The van der Waals surface area contributed by atoms with E-state index in [1.807, 2.05) is 24.3 Å². The minimum atomic E-state index is -0.483. The van der Waals surface area contributed by atoms with Crippen LogP contribution in [0.15, 0.2) is 55.4 Å². The molecule has 3 N–H and O–H groups in total. The molecule has 0 saturated heterocycles. The van der Waals surface area contributed by atoms with Gasteiger partial charge in [0.15, 0.2) is 5.58 Å². The third kappa shape index (κ3) is 2.47. The van der Waals surface area contributed by atoms with Gasteiger partial charge in [0.25, 0.3) is 0 Å². The van der Waals surface area contributed by atoms with Crippen LogP contribution in [0.1, 0.15) is 0 Å². The minimum Gasteiger partial charge on any atom is -0.408 e. The summed E-state index contributed by atoms with van der Waals surface area (Å²) in [5, 5.41) is 0.687. The quantitative estimate of drug-likeness (QED) is 0.709. The van der Waals surface area contributed by atoms with Gasteiger partial charge < -0.3 is 10.2 Å². The van der Waals surface area contributed by atoms with E-state index in [2.05, 4.69) is 4.98 Å². The van der Waals surface area contributed by atoms with Crippen molar-refractivity contribution in [3.8, 4) is 0 Å². The van der Waals surface area contributed by atoms with Crippen molar-refractivity contribution in [2.45, 2.75) is 9.79 Å². The van der Waals surface area contributed by atoms with Gasteiger partial charge in [0, 0.05) is 26.6 Å². The fourth-order valence-corrected chi connectivity index (χ4v) is 2.72. The second kappa shape index (κ2) is 4.68. The number of nitrogens with one attached hydrogen (secondary N) is 1. The zero-order chi connectivity index (χ0) is 13.4. The Morgan fingerprint density at radius 3 is 2.68 bits per heavy atom. The number of halogens is 1. The first-order chi connectivity index (χ1) is 9.11. The first-order valence-electron chi connectivity index (χ1n) is 5.47. The number of nitrogens with two attached hydrogens (primary N) is 1. The predicted octanol–water partition coefficient (Wildman–Crippen LogP) is 3.51. The van der Waals surface area contributed by atoms with E-state index >= 15 is 0 Å². The maximum atomic E-state index is 11.1. The molecule has 2 aromatic carbocycles. The molecule has 0 amide bonds. The molecule has 0 spiro atoms. The monoisotopic (exact) mass is 292 g/mol. The Morgan fingerprint density at radius 2 is 1.95 bits per heavy atom. The van der Waals surface area contributed by atoms with Gasteiger partial charge in [-0.15, -0.1) is 0 Å². The molecule has 3 aromatic rings. The molecule has 0 aliphatic carbocycles. The van der Waals surface area contributed by atoms with Gasteiger partial charge in [-0.3, -0.25) is 4.98 Å². The summed E-state index contributed by atoms with van der Waals surface area (Å²) in [6.45, 7) is 0. The average Bonchev–Trinajstić information content (AvgIpc) is 2.72. The van der Waals surface area contributed by atoms with Gasteiger partial charge in [-0.2, -0.15) is 0 Å². The minimum absolute atomic E-state index is 0.461. The van der Waals surface area contributed by atoms with E-state index in [4.69, 9.17) is 21.8 Å². The van der Waals surface area contributed by atoms with E-state index in [-0.39, 0.29) is 0 Å². The van der Waals surface area contributed by atoms with Crippen LogP contribution in [-0.4, -0.2) is 4.98 Å². The predicted molar refractivity (Wildman–Crippen MR) is 76.8 cm³/mol. The van der Waals surface area contributed by atoms with E-state index in [9.17, 15) is 4.79 Å². The summed E-state index contributed by atoms with van der Waals surface area (Å²) in [4.78, 5) is 15.6. The number of hydrogen-bond donors (Lipinski definition) is 2. The van der Waals surface area contributed by atoms with Crippen molar-refractivity contribution in [1.82, 2.24) is 4.98 Å². The topological polar surface area (TPSA) is 72.0 Å². The lowest BCUT2D eigenvalue weighted by Crippen LogP contribution is -1.93. The van der Waals surface area contributed by atoms with Gasteiger partial charge >= 0.3 is 5.76 Å². The van der Waals surface area contributed by atoms with Crippen LogP contribution in [-0.2, 0) is 0 Å².